The Kier molecular flexibility index (Phi) is 4.92. The predicted molar refractivity (Wildman–Crippen MR) is 91.2 cm³/mol. The number of carbonyl (C=O) groups is 1. The van der Waals surface area contributed by atoms with Gasteiger partial charge in [0, 0.05) is 25.2 Å². The van der Waals surface area contributed by atoms with Crippen molar-refractivity contribution in [1.29, 1.82) is 0 Å². The molecule has 0 bridgehead atoms. The summed E-state index contributed by atoms with van der Waals surface area (Å²) < 4.78 is 13.3. The summed E-state index contributed by atoms with van der Waals surface area (Å²) in [6.45, 7) is 1.96. The van der Waals surface area contributed by atoms with E-state index in [1.54, 1.807) is 23.1 Å². The van der Waals surface area contributed by atoms with Gasteiger partial charge in [0.1, 0.15) is 5.82 Å². The maximum Gasteiger partial charge on any atom is 0.253 e. The number of benzene rings is 2. The van der Waals surface area contributed by atoms with Crippen molar-refractivity contribution in [3.8, 4) is 11.1 Å². The van der Waals surface area contributed by atoms with Gasteiger partial charge in [-0.15, -0.1) is 0 Å². The van der Waals surface area contributed by atoms with Crippen LogP contribution in [0.15, 0.2) is 48.5 Å². The van der Waals surface area contributed by atoms with Crippen LogP contribution < -0.4 is 0 Å². The van der Waals surface area contributed by atoms with E-state index in [4.69, 9.17) is 0 Å². The molecular weight excluding hydrogens is 307 g/mol. The molecule has 4 nitrogen and oxygen atoms in total. The Bertz CT molecular complexity index is 718. The molecule has 0 aromatic heterocycles. The van der Waals surface area contributed by atoms with E-state index >= 15 is 0 Å². The highest BCUT2D eigenvalue weighted by molar-refractivity contribution is 5.94. The van der Waals surface area contributed by atoms with E-state index in [1.807, 2.05) is 25.2 Å². The van der Waals surface area contributed by atoms with Crippen LogP contribution in [0.3, 0.4) is 0 Å². The fourth-order valence-electron chi connectivity index (χ4n) is 2.98. The van der Waals surface area contributed by atoms with Gasteiger partial charge in [0.25, 0.3) is 5.91 Å². The summed E-state index contributed by atoms with van der Waals surface area (Å²) in [5.74, 6) is -0.313. The lowest BCUT2D eigenvalue weighted by Crippen LogP contribution is -2.54. The summed E-state index contributed by atoms with van der Waals surface area (Å²) in [6, 6.07) is 13.6. The molecule has 1 amide bonds. The number of carbonyl (C=O) groups excluding carboxylic acids is 1. The third-order valence-corrected chi connectivity index (χ3v) is 4.56. The SMILES string of the molecule is CN1CCN(C(=O)c2ccc(-c3cccc(F)c3)cc2)CC1CO. The van der Waals surface area contributed by atoms with Crippen molar-refractivity contribution in [2.45, 2.75) is 6.04 Å². The van der Waals surface area contributed by atoms with Gasteiger partial charge in [0.05, 0.1) is 12.6 Å². The Balaban J connectivity index is 1.74. The lowest BCUT2D eigenvalue weighted by molar-refractivity contribution is 0.0421. The van der Waals surface area contributed by atoms with Crippen LogP contribution in [0.1, 0.15) is 10.4 Å². The molecule has 1 unspecified atom stereocenters. The highest BCUT2D eigenvalue weighted by atomic mass is 19.1. The average Bonchev–Trinajstić information content (AvgIpc) is 2.62. The van der Waals surface area contributed by atoms with Gasteiger partial charge in [0.2, 0.25) is 0 Å². The number of aliphatic hydroxyl groups is 1. The topological polar surface area (TPSA) is 43.8 Å². The van der Waals surface area contributed by atoms with Gasteiger partial charge in [-0.25, -0.2) is 4.39 Å². The number of piperazine rings is 1. The van der Waals surface area contributed by atoms with Crippen molar-refractivity contribution in [1.82, 2.24) is 9.80 Å². The normalized spacial score (nSPS) is 18.6. The molecule has 24 heavy (non-hydrogen) atoms. The molecule has 1 atom stereocenters. The van der Waals surface area contributed by atoms with E-state index in [0.29, 0.717) is 18.7 Å². The predicted octanol–water partition coefficient (Wildman–Crippen LogP) is 2.24. The zero-order valence-electron chi connectivity index (χ0n) is 13.7. The quantitative estimate of drug-likeness (QED) is 0.940. The van der Waals surface area contributed by atoms with E-state index in [2.05, 4.69) is 4.90 Å². The molecule has 0 aliphatic carbocycles. The summed E-state index contributed by atoms with van der Waals surface area (Å²) in [6.07, 6.45) is 0. The van der Waals surface area contributed by atoms with Crippen LogP contribution in [0.5, 0.6) is 0 Å². The van der Waals surface area contributed by atoms with Crippen LogP contribution in [0, 0.1) is 5.82 Å². The first-order chi connectivity index (χ1) is 11.6. The first kappa shape index (κ1) is 16.6. The first-order valence-corrected chi connectivity index (χ1v) is 8.05. The monoisotopic (exact) mass is 328 g/mol. The van der Waals surface area contributed by atoms with Crippen molar-refractivity contribution in [2.75, 3.05) is 33.3 Å². The largest absolute Gasteiger partial charge is 0.395 e. The lowest BCUT2D eigenvalue weighted by atomic mass is 10.0. The number of halogens is 1. The highest BCUT2D eigenvalue weighted by Crippen LogP contribution is 2.21. The van der Waals surface area contributed by atoms with E-state index < -0.39 is 0 Å². The molecule has 0 saturated carbocycles. The second-order valence-corrected chi connectivity index (χ2v) is 6.16. The van der Waals surface area contributed by atoms with Crippen LogP contribution in [0.4, 0.5) is 4.39 Å². The van der Waals surface area contributed by atoms with Gasteiger partial charge in [-0.1, -0.05) is 24.3 Å². The molecule has 1 fully saturated rings. The van der Waals surface area contributed by atoms with Gasteiger partial charge in [-0.2, -0.15) is 0 Å². The van der Waals surface area contributed by atoms with Crippen LogP contribution in [0.2, 0.25) is 0 Å². The zero-order chi connectivity index (χ0) is 17.1. The Morgan fingerprint density at radius 2 is 1.92 bits per heavy atom. The van der Waals surface area contributed by atoms with Crippen molar-refractivity contribution in [2.24, 2.45) is 0 Å². The number of nitrogens with zero attached hydrogens (tertiary/aromatic N) is 2. The van der Waals surface area contributed by atoms with Gasteiger partial charge in [0.15, 0.2) is 0 Å². The van der Waals surface area contributed by atoms with Crippen molar-refractivity contribution >= 4 is 5.91 Å². The van der Waals surface area contributed by atoms with Gasteiger partial charge in [-0.05, 0) is 42.4 Å². The molecule has 0 radical (unpaired) electrons. The van der Waals surface area contributed by atoms with Gasteiger partial charge < -0.3 is 10.0 Å². The fraction of sp³-hybridized carbons (Fsp3) is 0.316. The molecule has 1 N–H and O–H groups in total. The van der Waals surface area contributed by atoms with Gasteiger partial charge in [-0.3, -0.25) is 9.69 Å². The Morgan fingerprint density at radius 3 is 2.58 bits per heavy atom. The highest BCUT2D eigenvalue weighted by Gasteiger charge is 2.27. The first-order valence-electron chi connectivity index (χ1n) is 8.05. The van der Waals surface area contributed by atoms with E-state index in [1.165, 1.54) is 12.1 Å². The molecule has 1 heterocycles. The number of likely N-dealkylation sites (N-methyl/N-ethyl adjacent to an activating group) is 1. The van der Waals surface area contributed by atoms with E-state index in [9.17, 15) is 14.3 Å². The molecule has 126 valence electrons. The lowest BCUT2D eigenvalue weighted by Gasteiger charge is -2.38. The summed E-state index contributed by atoms with van der Waals surface area (Å²) in [7, 11) is 1.95. The molecule has 5 heteroatoms. The summed E-state index contributed by atoms with van der Waals surface area (Å²) in [5, 5.41) is 9.41. The van der Waals surface area contributed by atoms with Crippen LogP contribution in [-0.4, -0.2) is 60.1 Å². The molecule has 2 aromatic rings. The minimum Gasteiger partial charge on any atom is -0.395 e. The molecule has 1 aliphatic heterocycles. The number of rotatable bonds is 3. The van der Waals surface area contributed by atoms with Crippen molar-refractivity contribution in [3.63, 3.8) is 0 Å². The summed E-state index contributed by atoms with van der Waals surface area (Å²) in [4.78, 5) is 16.5. The number of amides is 1. The minimum absolute atomic E-state index is 0.0192. The van der Waals surface area contributed by atoms with E-state index in [0.717, 1.165) is 17.7 Å². The van der Waals surface area contributed by atoms with Gasteiger partial charge >= 0.3 is 0 Å². The summed E-state index contributed by atoms with van der Waals surface area (Å²) in [5.41, 5.74) is 2.27. The fourth-order valence-corrected chi connectivity index (χ4v) is 2.98. The van der Waals surface area contributed by atoms with Crippen LogP contribution >= 0.6 is 0 Å². The van der Waals surface area contributed by atoms with Crippen LogP contribution in [0.25, 0.3) is 11.1 Å². The molecule has 0 spiro atoms. The molecule has 3 rings (SSSR count). The Hall–Kier alpha value is -2.24. The standard InChI is InChI=1S/C19H21FN2O2/c1-21-9-10-22(12-18(21)13-23)19(24)15-7-5-14(6-8-15)16-3-2-4-17(20)11-16/h2-8,11,18,23H,9-10,12-13H2,1H3. The number of hydrogen-bond acceptors (Lipinski definition) is 3. The molecular formula is C19H21FN2O2. The average molecular weight is 328 g/mol. The van der Waals surface area contributed by atoms with Crippen LogP contribution in [-0.2, 0) is 0 Å². The second-order valence-electron chi connectivity index (χ2n) is 6.16. The number of hydrogen-bond donors (Lipinski definition) is 1. The maximum absolute atomic E-state index is 13.3. The molecule has 1 saturated heterocycles. The molecule has 1 aliphatic rings. The third-order valence-electron chi connectivity index (χ3n) is 4.56. The van der Waals surface area contributed by atoms with E-state index in [-0.39, 0.29) is 24.4 Å². The smallest absolute Gasteiger partial charge is 0.253 e. The maximum atomic E-state index is 13.3. The minimum atomic E-state index is -0.278. The Morgan fingerprint density at radius 1 is 1.17 bits per heavy atom. The molecule has 2 aromatic carbocycles. The van der Waals surface area contributed by atoms with Crippen molar-refractivity contribution in [3.05, 3.63) is 59.9 Å². The van der Waals surface area contributed by atoms with Crippen molar-refractivity contribution < 1.29 is 14.3 Å². The zero-order valence-corrected chi connectivity index (χ0v) is 13.7. The Labute approximate surface area is 141 Å². The third kappa shape index (κ3) is 3.47. The number of aliphatic hydroxyl groups excluding tert-OH is 1. The summed E-state index contributed by atoms with van der Waals surface area (Å²) >= 11 is 0. The second kappa shape index (κ2) is 7.11.